The van der Waals surface area contributed by atoms with E-state index in [9.17, 15) is 4.39 Å². The summed E-state index contributed by atoms with van der Waals surface area (Å²) < 4.78 is 26.2. The second-order valence-corrected chi connectivity index (χ2v) is 6.51. The van der Waals surface area contributed by atoms with Crippen molar-refractivity contribution in [1.82, 2.24) is 19.9 Å². The molecule has 2 aromatic heterocycles. The van der Waals surface area contributed by atoms with E-state index in [1.165, 1.54) is 24.1 Å². The van der Waals surface area contributed by atoms with Crippen molar-refractivity contribution in [3.63, 3.8) is 0 Å². The first-order valence-electron chi connectivity index (χ1n) is 8.20. The van der Waals surface area contributed by atoms with Crippen molar-refractivity contribution in [1.29, 1.82) is 0 Å². The van der Waals surface area contributed by atoms with Crippen LogP contribution >= 0.6 is 11.8 Å². The van der Waals surface area contributed by atoms with Crippen molar-refractivity contribution in [2.24, 2.45) is 0 Å². The molecular weight excluding hydrogens is 367 g/mol. The summed E-state index contributed by atoms with van der Waals surface area (Å²) in [5, 5.41) is 13.1. The number of ether oxygens (including phenoxy) is 1. The fourth-order valence-electron chi connectivity index (χ4n) is 2.48. The second kappa shape index (κ2) is 8.05. The zero-order valence-corrected chi connectivity index (χ0v) is 15.0. The number of hydrogen-bond donors (Lipinski definition) is 0. The molecule has 8 heteroatoms. The van der Waals surface area contributed by atoms with Crippen molar-refractivity contribution >= 4 is 11.8 Å². The highest BCUT2D eigenvalue weighted by atomic mass is 32.2. The van der Waals surface area contributed by atoms with Crippen LogP contribution in [0.3, 0.4) is 0 Å². The van der Waals surface area contributed by atoms with Crippen molar-refractivity contribution in [3.05, 3.63) is 84.3 Å². The molecule has 0 radical (unpaired) electrons. The molecule has 6 nitrogen and oxygen atoms in total. The number of halogens is 1. The maximum absolute atomic E-state index is 13.8. The monoisotopic (exact) mass is 382 g/mol. The third-order valence-corrected chi connectivity index (χ3v) is 4.71. The lowest BCUT2D eigenvalue weighted by molar-refractivity contribution is 0.278. The van der Waals surface area contributed by atoms with Gasteiger partial charge in [0, 0.05) is 17.5 Å². The maximum atomic E-state index is 13.8. The molecule has 0 unspecified atom stereocenters. The molecule has 0 saturated heterocycles. The topological polar surface area (TPSA) is 66.0 Å². The molecule has 2 heterocycles. The van der Waals surface area contributed by atoms with Gasteiger partial charge in [0.25, 0.3) is 0 Å². The Kier molecular flexibility index (Phi) is 5.15. The van der Waals surface area contributed by atoms with Gasteiger partial charge in [-0.1, -0.05) is 47.3 Å². The van der Waals surface area contributed by atoms with E-state index in [4.69, 9.17) is 9.26 Å². The molecule has 4 rings (SSSR count). The van der Waals surface area contributed by atoms with Crippen molar-refractivity contribution in [2.45, 2.75) is 17.5 Å². The van der Waals surface area contributed by atoms with Gasteiger partial charge in [-0.15, -0.1) is 10.2 Å². The number of nitrogens with zero attached hydrogens (tertiary/aromatic N) is 4. The Balaban J connectivity index is 1.60. The molecule has 0 aliphatic heterocycles. The number of aromatic nitrogens is 4. The summed E-state index contributed by atoms with van der Waals surface area (Å²) in [6.45, 7) is 0.0906. The summed E-state index contributed by atoms with van der Waals surface area (Å²) in [5.41, 5.74) is 1.71. The smallest absolute Gasteiger partial charge is 0.196 e. The van der Waals surface area contributed by atoms with Crippen LogP contribution in [0, 0.1) is 5.82 Å². The largest absolute Gasteiger partial charge is 0.483 e. The number of benzene rings is 2. The lowest BCUT2D eigenvalue weighted by Crippen LogP contribution is -2.07. The first-order valence-corrected chi connectivity index (χ1v) is 9.19. The third-order valence-electron chi connectivity index (χ3n) is 3.75. The number of rotatable bonds is 7. The lowest BCUT2D eigenvalue weighted by Gasteiger charge is -2.11. The van der Waals surface area contributed by atoms with Gasteiger partial charge < -0.3 is 9.26 Å². The maximum Gasteiger partial charge on any atom is 0.196 e. The minimum absolute atomic E-state index is 0.0906. The van der Waals surface area contributed by atoms with Crippen LogP contribution in [0.2, 0.25) is 0 Å². The van der Waals surface area contributed by atoms with Gasteiger partial charge in [-0.25, -0.2) is 4.39 Å². The van der Waals surface area contributed by atoms with Gasteiger partial charge in [-0.3, -0.25) is 4.57 Å². The molecule has 27 heavy (non-hydrogen) atoms. The highest BCUT2D eigenvalue weighted by Gasteiger charge is 2.16. The van der Waals surface area contributed by atoms with Gasteiger partial charge in [0.15, 0.2) is 22.5 Å². The molecule has 0 atom stereocenters. The minimum Gasteiger partial charge on any atom is -0.483 e. The van der Waals surface area contributed by atoms with E-state index in [0.29, 0.717) is 16.7 Å². The van der Waals surface area contributed by atoms with Gasteiger partial charge >= 0.3 is 0 Å². The second-order valence-electron chi connectivity index (χ2n) is 5.57. The van der Waals surface area contributed by atoms with Crippen LogP contribution in [-0.4, -0.2) is 19.9 Å². The normalized spacial score (nSPS) is 10.9. The quantitative estimate of drug-likeness (QED) is 0.445. The van der Waals surface area contributed by atoms with Gasteiger partial charge in [-0.05, 0) is 24.3 Å². The molecule has 4 aromatic rings. The van der Waals surface area contributed by atoms with Gasteiger partial charge in [0.05, 0.1) is 5.69 Å². The van der Waals surface area contributed by atoms with Crippen molar-refractivity contribution in [3.8, 4) is 11.4 Å². The molecule has 0 fully saturated rings. The Bertz CT molecular complexity index is 1010. The van der Waals surface area contributed by atoms with E-state index in [0.717, 1.165) is 11.4 Å². The summed E-state index contributed by atoms with van der Waals surface area (Å²) in [4.78, 5) is 0. The fraction of sp³-hybridized carbons (Fsp3) is 0.105. The Morgan fingerprint density at radius 1 is 1.00 bits per heavy atom. The Morgan fingerprint density at radius 3 is 2.59 bits per heavy atom. The van der Waals surface area contributed by atoms with E-state index in [2.05, 4.69) is 15.4 Å². The van der Waals surface area contributed by atoms with E-state index in [1.807, 2.05) is 34.9 Å². The first kappa shape index (κ1) is 17.3. The summed E-state index contributed by atoms with van der Waals surface area (Å²) >= 11 is 1.48. The number of para-hydroxylation sites is 2. The molecule has 0 saturated carbocycles. The van der Waals surface area contributed by atoms with Crippen LogP contribution in [0.25, 0.3) is 5.69 Å². The van der Waals surface area contributed by atoms with Crippen molar-refractivity contribution < 1.29 is 13.7 Å². The van der Waals surface area contributed by atoms with Crippen LogP contribution in [0.1, 0.15) is 11.5 Å². The zero-order chi connectivity index (χ0) is 18.5. The van der Waals surface area contributed by atoms with Crippen LogP contribution in [0.15, 0.2) is 76.6 Å². The van der Waals surface area contributed by atoms with Crippen molar-refractivity contribution in [2.75, 3.05) is 0 Å². The zero-order valence-electron chi connectivity index (χ0n) is 14.2. The van der Waals surface area contributed by atoms with E-state index >= 15 is 0 Å². The molecule has 0 aliphatic rings. The molecule has 136 valence electrons. The Hall–Kier alpha value is -3.13. The SMILES string of the molecule is Fc1ccccc1OCc1nnc(SCc2ccon2)n1-c1ccccc1. The molecule has 2 aromatic carbocycles. The number of hydrogen-bond acceptors (Lipinski definition) is 6. The van der Waals surface area contributed by atoms with E-state index < -0.39 is 5.82 Å². The van der Waals surface area contributed by atoms with Gasteiger partial charge in [0.2, 0.25) is 0 Å². The summed E-state index contributed by atoms with van der Waals surface area (Å²) in [7, 11) is 0. The van der Waals surface area contributed by atoms with Gasteiger partial charge in [0.1, 0.15) is 12.9 Å². The van der Waals surface area contributed by atoms with E-state index in [1.54, 1.807) is 24.3 Å². The summed E-state index contributed by atoms with van der Waals surface area (Å²) in [5.74, 6) is 0.934. The van der Waals surface area contributed by atoms with Crippen LogP contribution in [0.4, 0.5) is 4.39 Å². The Labute approximate surface area is 159 Å². The van der Waals surface area contributed by atoms with Crippen LogP contribution in [-0.2, 0) is 12.4 Å². The van der Waals surface area contributed by atoms with E-state index in [-0.39, 0.29) is 12.4 Å². The molecular formula is C19H15FN4O2S. The molecule has 0 spiro atoms. The lowest BCUT2D eigenvalue weighted by atomic mass is 10.3. The molecule has 0 aliphatic carbocycles. The third kappa shape index (κ3) is 4.01. The standard InChI is InChI=1S/C19H15FN4O2S/c20-16-8-4-5-9-17(16)25-12-18-21-22-19(27-13-14-10-11-26-23-14)24(18)15-6-2-1-3-7-15/h1-11H,12-13H2. The predicted octanol–water partition coefficient (Wildman–Crippen LogP) is 4.27. The highest BCUT2D eigenvalue weighted by Crippen LogP contribution is 2.26. The molecule has 0 amide bonds. The summed E-state index contributed by atoms with van der Waals surface area (Å²) in [6.07, 6.45) is 1.53. The molecule has 0 N–H and O–H groups in total. The Morgan fingerprint density at radius 2 is 1.81 bits per heavy atom. The van der Waals surface area contributed by atoms with Crippen LogP contribution < -0.4 is 4.74 Å². The highest BCUT2D eigenvalue weighted by molar-refractivity contribution is 7.98. The predicted molar refractivity (Wildman–Crippen MR) is 98.2 cm³/mol. The van der Waals surface area contributed by atoms with Crippen LogP contribution in [0.5, 0.6) is 5.75 Å². The number of thioether (sulfide) groups is 1. The minimum atomic E-state index is -0.413. The fourth-order valence-corrected chi connectivity index (χ4v) is 3.34. The average Bonchev–Trinajstić information content (AvgIpc) is 3.36. The average molecular weight is 382 g/mol. The molecule has 0 bridgehead atoms. The summed E-state index contributed by atoms with van der Waals surface area (Å²) in [6, 6.07) is 17.8. The van der Waals surface area contributed by atoms with Gasteiger partial charge in [-0.2, -0.15) is 0 Å². The first-order chi connectivity index (χ1) is 13.3.